The van der Waals surface area contributed by atoms with Crippen LogP contribution in [-0.4, -0.2) is 34.6 Å². The van der Waals surface area contributed by atoms with E-state index in [-0.39, 0.29) is 12.3 Å². The molecule has 0 bridgehead atoms. The highest BCUT2D eigenvalue weighted by atomic mass is 16.5. The fourth-order valence-electron chi connectivity index (χ4n) is 4.92. The van der Waals surface area contributed by atoms with Crippen molar-refractivity contribution in [1.29, 1.82) is 0 Å². The Morgan fingerprint density at radius 1 is 0.780 bits per heavy atom. The number of aryl methyl sites for hydroxylation is 1. The Bertz CT molecular complexity index is 1640. The first-order valence-electron chi connectivity index (χ1n) is 13.9. The molecule has 1 heterocycles. The second kappa shape index (κ2) is 13.0. The fraction of sp³-hybridized carbons (Fsp3) is 0.200. The molecule has 0 radical (unpaired) electrons. The number of carbonyl (C=O) groups is 2. The summed E-state index contributed by atoms with van der Waals surface area (Å²) in [5, 5.41) is 9.99. The van der Waals surface area contributed by atoms with E-state index in [0.29, 0.717) is 30.8 Å². The number of rotatable bonds is 13. The van der Waals surface area contributed by atoms with E-state index in [2.05, 4.69) is 19.1 Å². The van der Waals surface area contributed by atoms with E-state index in [1.54, 1.807) is 10.8 Å². The standard InChI is InChI=1S/C35H33NO5/c1-2-7-29-22-30(35(39)27-12-10-26(11-13-27)25-8-4-3-5-9-25)14-17-33(29)41-21-6-20-40-31-15-16-32-28(23-31)18-19-36(32)24-34(37)38/h3-5,8-19,22-23H,2,6-7,20-21,24H2,1H3,(H,37,38). The molecule has 5 aromatic rings. The first kappa shape index (κ1) is 27.7. The van der Waals surface area contributed by atoms with Crippen LogP contribution < -0.4 is 9.47 Å². The van der Waals surface area contributed by atoms with Crippen molar-refractivity contribution in [3.63, 3.8) is 0 Å². The second-order valence-corrected chi connectivity index (χ2v) is 9.95. The van der Waals surface area contributed by atoms with Gasteiger partial charge in [-0.2, -0.15) is 0 Å². The molecule has 41 heavy (non-hydrogen) atoms. The average Bonchev–Trinajstić information content (AvgIpc) is 3.39. The molecule has 0 aliphatic carbocycles. The molecular formula is C35H33NO5. The van der Waals surface area contributed by atoms with Crippen molar-refractivity contribution in [3.8, 4) is 22.6 Å². The summed E-state index contributed by atoms with van der Waals surface area (Å²) in [4.78, 5) is 24.3. The van der Waals surface area contributed by atoms with Crippen LogP contribution in [0.5, 0.6) is 11.5 Å². The third-order valence-corrected chi connectivity index (χ3v) is 6.96. The zero-order valence-electron chi connectivity index (χ0n) is 23.1. The van der Waals surface area contributed by atoms with E-state index >= 15 is 0 Å². The van der Waals surface area contributed by atoms with Crippen LogP contribution in [0.15, 0.2) is 103 Å². The van der Waals surface area contributed by atoms with Crippen molar-refractivity contribution in [3.05, 3.63) is 120 Å². The molecule has 208 valence electrons. The molecule has 1 aromatic heterocycles. The Kier molecular flexibility index (Phi) is 8.79. The summed E-state index contributed by atoms with van der Waals surface area (Å²) in [7, 11) is 0. The first-order valence-corrected chi connectivity index (χ1v) is 13.9. The van der Waals surface area contributed by atoms with Gasteiger partial charge in [-0.05, 0) is 65.6 Å². The average molecular weight is 548 g/mol. The van der Waals surface area contributed by atoms with Crippen molar-refractivity contribution in [2.75, 3.05) is 13.2 Å². The molecule has 0 aliphatic rings. The maximum absolute atomic E-state index is 13.2. The van der Waals surface area contributed by atoms with Crippen LogP contribution in [0.3, 0.4) is 0 Å². The van der Waals surface area contributed by atoms with Gasteiger partial charge in [0.1, 0.15) is 18.0 Å². The smallest absolute Gasteiger partial charge is 0.323 e. The molecule has 1 N–H and O–H groups in total. The second-order valence-electron chi connectivity index (χ2n) is 9.95. The van der Waals surface area contributed by atoms with Crippen LogP contribution in [0, 0.1) is 0 Å². The number of aromatic nitrogens is 1. The van der Waals surface area contributed by atoms with Crippen LogP contribution in [0.2, 0.25) is 0 Å². The molecule has 0 saturated carbocycles. The van der Waals surface area contributed by atoms with E-state index in [4.69, 9.17) is 14.6 Å². The minimum atomic E-state index is -0.875. The van der Waals surface area contributed by atoms with Gasteiger partial charge in [0.15, 0.2) is 5.78 Å². The van der Waals surface area contributed by atoms with Gasteiger partial charge in [-0.15, -0.1) is 0 Å². The summed E-state index contributed by atoms with van der Waals surface area (Å²) in [5.41, 5.74) is 5.40. The SMILES string of the molecule is CCCc1cc(C(=O)c2ccc(-c3ccccc3)cc2)ccc1OCCCOc1ccc2c(ccn2CC(=O)O)c1. The molecule has 0 atom stereocenters. The molecule has 0 spiro atoms. The molecule has 0 amide bonds. The highest BCUT2D eigenvalue weighted by Gasteiger charge is 2.13. The Morgan fingerprint density at radius 2 is 1.51 bits per heavy atom. The van der Waals surface area contributed by atoms with E-state index < -0.39 is 5.97 Å². The summed E-state index contributed by atoms with van der Waals surface area (Å²) in [6.45, 7) is 3.02. The van der Waals surface area contributed by atoms with Gasteiger partial charge in [-0.1, -0.05) is 67.9 Å². The van der Waals surface area contributed by atoms with Gasteiger partial charge < -0.3 is 19.1 Å². The van der Waals surface area contributed by atoms with Crippen LogP contribution >= 0.6 is 0 Å². The largest absolute Gasteiger partial charge is 0.493 e. The number of aliphatic carboxylic acids is 1. The van der Waals surface area contributed by atoms with Gasteiger partial charge in [0.05, 0.1) is 13.2 Å². The normalized spacial score (nSPS) is 11.0. The lowest BCUT2D eigenvalue weighted by Gasteiger charge is -2.13. The number of fused-ring (bicyclic) bond motifs is 1. The highest BCUT2D eigenvalue weighted by Crippen LogP contribution is 2.26. The number of nitrogens with zero attached hydrogens (tertiary/aromatic N) is 1. The zero-order valence-corrected chi connectivity index (χ0v) is 23.1. The molecule has 6 nitrogen and oxygen atoms in total. The number of carboxylic acid groups (broad SMARTS) is 1. The van der Waals surface area contributed by atoms with Gasteiger partial charge in [0.2, 0.25) is 0 Å². The highest BCUT2D eigenvalue weighted by molar-refractivity contribution is 6.09. The monoisotopic (exact) mass is 547 g/mol. The van der Waals surface area contributed by atoms with Crippen molar-refractivity contribution in [2.45, 2.75) is 32.7 Å². The number of carboxylic acids is 1. The Balaban J connectivity index is 1.16. The molecule has 0 aliphatic heterocycles. The van der Waals surface area contributed by atoms with Crippen LogP contribution in [0.1, 0.15) is 41.3 Å². The molecule has 4 aromatic carbocycles. The van der Waals surface area contributed by atoms with Gasteiger partial charge >= 0.3 is 5.97 Å². The molecule has 0 saturated heterocycles. The Morgan fingerprint density at radius 3 is 2.27 bits per heavy atom. The van der Waals surface area contributed by atoms with Gasteiger partial charge in [0, 0.05) is 34.6 Å². The summed E-state index contributed by atoms with van der Waals surface area (Å²) in [6.07, 6.45) is 4.23. The molecular weight excluding hydrogens is 514 g/mol. The van der Waals surface area contributed by atoms with Crippen molar-refractivity contribution < 1.29 is 24.2 Å². The van der Waals surface area contributed by atoms with Crippen molar-refractivity contribution in [1.82, 2.24) is 4.57 Å². The maximum atomic E-state index is 13.2. The minimum Gasteiger partial charge on any atom is -0.493 e. The quantitative estimate of drug-likeness (QED) is 0.123. The Hall–Kier alpha value is -4.84. The topological polar surface area (TPSA) is 77.8 Å². The first-order chi connectivity index (χ1) is 20.0. The van der Waals surface area contributed by atoms with Crippen molar-refractivity contribution in [2.24, 2.45) is 0 Å². The Labute approximate surface area is 239 Å². The number of ketones is 1. The van der Waals surface area contributed by atoms with E-state index in [1.165, 1.54) is 0 Å². The van der Waals surface area contributed by atoms with Crippen molar-refractivity contribution >= 4 is 22.7 Å². The lowest BCUT2D eigenvalue weighted by atomic mass is 9.97. The van der Waals surface area contributed by atoms with Crippen LogP contribution in [-0.2, 0) is 17.8 Å². The number of ether oxygens (including phenoxy) is 2. The number of hydrogen-bond donors (Lipinski definition) is 1. The lowest BCUT2D eigenvalue weighted by Crippen LogP contribution is -2.08. The lowest BCUT2D eigenvalue weighted by molar-refractivity contribution is -0.137. The van der Waals surface area contributed by atoms with E-state index in [1.807, 2.05) is 84.9 Å². The third kappa shape index (κ3) is 6.84. The predicted octanol–water partition coefficient (Wildman–Crippen LogP) is 7.42. The third-order valence-electron chi connectivity index (χ3n) is 6.96. The van der Waals surface area contributed by atoms with Gasteiger partial charge in [-0.3, -0.25) is 9.59 Å². The summed E-state index contributed by atoms with van der Waals surface area (Å²) < 4.78 is 13.7. The number of benzene rings is 4. The minimum absolute atomic E-state index is 0.00260. The van der Waals surface area contributed by atoms with Crippen LogP contribution in [0.25, 0.3) is 22.0 Å². The number of carbonyl (C=O) groups excluding carboxylic acids is 1. The molecule has 5 rings (SSSR count). The van der Waals surface area contributed by atoms with Crippen LogP contribution in [0.4, 0.5) is 0 Å². The molecule has 6 heteroatoms. The fourth-order valence-corrected chi connectivity index (χ4v) is 4.92. The maximum Gasteiger partial charge on any atom is 0.323 e. The molecule has 0 fully saturated rings. The summed E-state index contributed by atoms with van der Waals surface area (Å²) >= 11 is 0. The summed E-state index contributed by atoms with van der Waals surface area (Å²) in [5.74, 6) is 0.651. The molecule has 0 unspecified atom stereocenters. The number of hydrogen-bond acceptors (Lipinski definition) is 4. The predicted molar refractivity (Wildman–Crippen MR) is 161 cm³/mol. The summed E-state index contributed by atoms with van der Waals surface area (Å²) in [6, 6.07) is 31.1. The van der Waals surface area contributed by atoms with Gasteiger partial charge in [-0.25, -0.2) is 0 Å². The van der Waals surface area contributed by atoms with E-state index in [9.17, 15) is 9.59 Å². The van der Waals surface area contributed by atoms with Gasteiger partial charge in [0.25, 0.3) is 0 Å². The zero-order chi connectivity index (χ0) is 28.6. The van der Waals surface area contributed by atoms with E-state index in [0.717, 1.165) is 51.9 Å².